The van der Waals surface area contributed by atoms with Crippen molar-refractivity contribution < 1.29 is 8.78 Å². The minimum Gasteiger partial charge on any atom is -0.270 e. The van der Waals surface area contributed by atoms with Gasteiger partial charge in [0.25, 0.3) is 0 Å². The smallest absolute Gasteiger partial charge is 0.194 e. The highest BCUT2D eigenvalue weighted by Crippen LogP contribution is 2.47. The maximum Gasteiger partial charge on any atom is 0.194 e. The largest absolute Gasteiger partial charge is 0.270 e. The van der Waals surface area contributed by atoms with E-state index in [1.165, 1.54) is 18.3 Å². The Kier molecular flexibility index (Phi) is 3.47. The summed E-state index contributed by atoms with van der Waals surface area (Å²) < 4.78 is 29.3. The van der Waals surface area contributed by atoms with Crippen LogP contribution < -0.4 is 0 Å². The number of alkyl halides is 1. The van der Waals surface area contributed by atoms with Gasteiger partial charge < -0.3 is 0 Å². The van der Waals surface area contributed by atoms with Crippen molar-refractivity contribution in [3.05, 3.63) is 35.9 Å². The zero-order valence-electron chi connectivity index (χ0n) is 11.0. The lowest BCUT2D eigenvalue weighted by Gasteiger charge is -2.39. The molecule has 1 atom stereocenters. The maximum absolute atomic E-state index is 15.5. The monoisotopic (exact) mass is 284 g/mol. The molecule has 1 aromatic rings. The number of allylic oxidation sites excluding steroid dienone is 1. The van der Waals surface area contributed by atoms with Gasteiger partial charge in [0.05, 0.1) is 6.54 Å². The van der Waals surface area contributed by atoms with Gasteiger partial charge in [0, 0.05) is 17.2 Å². The van der Waals surface area contributed by atoms with Gasteiger partial charge >= 0.3 is 0 Å². The fourth-order valence-corrected chi connectivity index (χ4v) is 2.59. The molecule has 0 aromatic carbocycles. The van der Waals surface area contributed by atoms with Crippen LogP contribution in [0, 0.1) is 11.2 Å². The number of nitrogens with zero attached hydrogens (tertiary/aromatic N) is 2. The molecule has 102 valence electrons. The Balaban J connectivity index is 2.63. The van der Waals surface area contributed by atoms with Crippen LogP contribution in [0.25, 0.3) is 5.57 Å². The summed E-state index contributed by atoms with van der Waals surface area (Å²) in [7, 11) is 0. The Labute approximate surface area is 116 Å². The predicted molar refractivity (Wildman–Crippen MR) is 73.6 cm³/mol. The second-order valence-corrected chi connectivity index (χ2v) is 5.85. The van der Waals surface area contributed by atoms with Crippen LogP contribution in [0.5, 0.6) is 0 Å². The third kappa shape index (κ3) is 2.18. The summed E-state index contributed by atoms with van der Waals surface area (Å²) in [6, 6.07) is 2.72. The van der Waals surface area contributed by atoms with E-state index in [0.29, 0.717) is 0 Å². The van der Waals surface area contributed by atoms with Gasteiger partial charge in [-0.1, -0.05) is 38.4 Å². The zero-order valence-corrected chi connectivity index (χ0v) is 11.8. The van der Waals surface area contributed by atoms with Crippen LogP contribution in [0.3, 0.4) is 0 Å². The second kappa shape index (κ2) is 4.67. The van der Waals surface area contributed by atoms with Crippen molar-refractivity contribution in [1.29, 1.82) is 0 Å². The summed E-state index contributed by atoms with van der Waals surface area (Å²) in [5, 5.41) is -0.150. The van der Waals surface area contributed by atoms with Crippen LogP contribution >= 0.6 is 11.6 Å². The molecule has 1 aromatic heterocycles. The normalized spacial score (nSPS) is 23.9. The summed E-state index contributed by atoms with van der Waals surface area (Å²) in [6.45, 7) is 5.33. The van der Waals surface area contributed by atoms with E-state index in [1.54, 1.807) is 26.8 Å². The van der Waals surface area contributed by atoms with Crippen LogP contribution in [-0.2, 0) is 0 Å². The van der Waals surface area contributed by atoms with Crippen LogP contribution in [0.15, 0.2) is 29.4 Å². The summed E-state index contributed by atoms with van der Waals surface area (Å²) in [4.78, 5) is 7.88. The molecule has 2 rings (SSSR count). The molecule has 1 unspecified atom stereocenters. The molecule has 0 radical (unpaired) electrons. The van der Waals surface area contributed by atoms with Crippen molar-refractivity contribution in [1.82, 2.24) is 4.98 Å². The Morgan fingerprint density at radius 2 is 2.05 bits per heavy atom. The summed E-state index contributed by atoms with van der Waals surface area (Å²) in [5.74, 6) is -0.564. The van der Waals surface area contributed by atoms with Crippen molar-refractivity contribution in [3.63, 3.8) is 0 Å². The van der Waals surface area contributed by atoms with Crippen LogP contribution in [0.2, 0.25) is 0 Å². The number of hydrogen-bond donors (Lipinski definition) is 0. The average molecular weight is 285 g/mol. The number of hydrogen-bond acceptors (Lipinski definition) is 2. The maximum atomic E-state index is 15.5. The van der Waals surface area contributed by atoms with E-state index in [9.17, 15) is 4.39 Å². The molecule has 19 heavy (non-hydrogen) atoms. The number of dihydropyridines is 1. The van der Waals surface area contributed by atoms with Crippen molar-refractivity contribution in [2.75, 3.05) is 6.54 Å². The van der Waals surface area contributed by atoms with Gasteiger partial charge in [-0.2, -0.15) is 0 Å². The summed E-state index contributed by atoms with van der Waals surface area (Å²) in [5.41, 5.74) is -2.75. The lowest BCUT2D eigenvalue weighted by Crippen LogP contribution is -2.46. The van der Waals surface area contributed by atoms with Crippen molar-refractivity contribution >= 4 is 22.3 Å². The van der Waals surface area contributed by atoms with Gasteiger partial charge in [-0.25, -0.2) is 8.78 Å². The van der Waals surface area contributed by atoms with Gasteiger partial charge in [0.15, 0.2) is 5.67 Å². The number of aromatic nitrogens is 1. The first kappa shape index (κ1) is 14.1. The predicted octanol–water partition coefficient (Wildman–Crippen LogP) is 4.01. The van der Waals surface area contributed by atoms with E-state index in [-0.39, 0.29) is 23.0 Å². The van der Waals surface area contributed by atoms with Crippen LogP contribution in [0.1, 0.15) is 26.5 Å². The molecule has 1 aliphatic heterocycles. The molecule has 1 aliphatic rings. The van der Waals surface area contributed by atoms with Gasteiger partial charge in [-0.3, -0.25) is 9.98 Å². The van der Waals surface area contributed by atoms with E-state index in [0.717, 1.165) is 0 Å². The third-order valence-electron chi connectivity index (χ3n) is 3.23. The lowest BCUT2D eigenvalue weighted by molar-refractivity contribution is 0.161. The Morgan fingerprint density at radius 3 is 2.63 bits per heavy atom. The van der Waals surface area contributed by atoms with E-state index < -0.39 is 16.9 Å². The van der Waals surface area contributed by atoms with Gasteiger partial charge in [-0.05, 0) is 12.1 Å². The standard InChI is InChI=1S/C14H15ClF2N2/c1-13(2,3)14(17)9(6-8-19-12(14)15)11-10(16)5-4-7-18-11/h4-7H,8H2,1-3H3. The Hall–Kier alpha value is -1.29. The second-order valence-electron chi connectivity index (χ2n) is 5.49. The molecule has 0 saturated heterocycles. The molecule has 5 heteroatoms. The van der Waals surface area contributed by atoms with Crippen molar-refractivity contribution in [2.24, 2.45) is 10.4 Å². The molecule has 0 N–H and O–H groups in total. The van der Waals surface area contributed by atoms with Crippen molar-refractivity contribution in [2.45, 2.75) is 26.4 Å². The highest BCUT2D eigenvalue weighted by molar-refractivity contribution is 6.68. The zero-order chi connectivity index (χ0) is 14.3. The van der Waals surface area contributed by atoms with Crippen LogP contribution in [0.4, 0.5) is 8.78 Å². The highest BCUT2D eigenvalue weighted by atomic mass is 35.5. The fourth-order valence-electron chi connectivity index (χ4n) is 2.13. The highest BCUT2D eigenvalue weighted by Gasteiger charge is 2.52. The van der Waals surface area contributed by atoms with Crippen molar-refractivity contribution in [3.8, 4) is 0 Å². The fraction of sp³-hybridized carbons (Fsp3) is 0.429. The summed E-state index contributed by atoms with van der Waals surface area (Å²) >= 11 is 5.99. The molecule has 0 fully saturated rings. The molecule has 0 spiro atoms. The Bertz CT molecular complexity index is 561. The minimum absolute atomic E-state index is 0.00650. The quantitative estimate of drug-likeness (QED) is 0.765. The molecule has 0 bridgehead atoms. The molecular formula is C14H15ClF2N2. The molecule has 0 amide bonds. The molecular weight excluding hydrogens is 270 g/mol. The van der Waals surface area contributed by atoms with E-state index in [2.05, 4.69) is 9.98 Å². The van der Waals surface area contributed by atoms with Gasteiger partial charge in [-0.15, -0.1) is 0 Å². The third-order valence-corrected chi connectivity index (χ3v) is 3.61. The SMILES string of the molecule is CC(C)(C)C1(F)C(c2ncccc2F)=CCN=C1Cl. The molecule has 2 nitrogen and oxygen atoms in total. The lowest BCUT2D eigenvalue weighted by atomic mass is 9.72. The Morgan fingerprint density at radius 1 is 1.37 bits per heavy atom. The molecule has 0 saturated carbocycles. The van der Waals surface area contributed by atoms with E-state index in [1.807, 2.05) is 0 Å². The number of aliphatic imine (C=N–C) groups is 1. The molecule has 2 heterocycles. The minimum atomic E-state index is -2.04. The number of halogens is 3. The average Bonchev–Trinajstić information content (AvgIpc) is 2.32. The first-order valence-corrected chi connectivity index (χ1v) is 6.37. The summed E-state index contributed by atoms with van der Waals surface area (Å²) in [6.07, 6.45) is 2.98. The molecule has 0 aliphatic carbocycles. The number of pyridine rings is 1. The van der Waals surface area contributed by atoms with Gasteiger partial charge in [0.2, 0.25) is 0 Å². The van der Waals surface area contributed by atoms with Gasteiger partial charge in [0.1, 0.15) is 16.7 Å². The van der Waals surface area contributed by atoms with E-state index >= 15 is 4.39 Å². The first-order chi connectivity index (χ1) is 8.78. The van der Waals surface area contributed by atoms with Crippen LogP contribution in [-0.4, -0.2) is 22.4 Å². The number of rotatable bonds is 1. The topological polar surface area (TPSA) is 25.2 Å². The first-order valence-electron chi connectivity index (χ1n) is 5.99. The van der Waals surface area contributed by atoms with E-state index in [4.69, 9.17) is 11.6 Å².